The van der Waals surface area contributed by atoms with Crippen LogP contribution >= 0.6 is 11.3 Å². The first-order valence-electron chi connectivity index (χ1n) is 7.24. The Labute approximate surface area is 140 Å². The summed E-state index contributed by atoms with van der Waals surface area (Å²) in [6.45, 7) is 5.74. The van der Waals surface area contributed by atoms with Crippen molar-refractivity contribution in [3.8, 4) is 0 Å². The van der Waals surface area contributed by atoms with Crippen molar-refractivity contribution >= 4 is 32.3 Å². The summed E-state index contributed by atoms with van der Waals surface area (Å²) in [5, 5.41) is 9.71. The first kappa shape index (κ1) is 17.5. The summed E-state index contributed by atoms with van der Waals surface area (Å²) in [7, 11) is -3.81. The molecule has 2 N–H and O–H groups in total. The van der Waals surface area contributed by atoms with E-state index in [1.54, 1.807) is 18.2 Å². The molecule has 0 unspecified atom stereocenters. The molecule has 23 heavy (non-hydrogen) atoms. The highest BCUT2D eigenvalue weighted by Gasteiger charge is 2.27. The van der Waals surface area contributed by atoms with Gasteiger partial charge in [-0.25, -0.2) is 13.2 Å². The summed E-state index contributed by atoms with van der Waals surface area (Å²) in [6.07, 6.45) is 0.658. The molecule has 2 rings (SSSR count). The van der Waals surface area contributed by atoms with E-state index < -0.39 is 16.0 Å². The minimum absolute atomic E-state index is 0.00211. The fourth-order valence-electron chi connectivity index (χ4n) is 2.43. The van der Waals surface area contributed by atoms with Gasteiger partial charge in [-0.1, -0.05) is 39.0 Å². The van der Waals surface area contributed by atoms with Crippen molar-refractivity contribution in [3.63, 3.8) is 0 Å². The number of carboxylic acid groups (broad SMARTS) is 1. The van der Waals surface area contributed by atoms with Gasteiger partial charge in [-0.2, -0.15) is 0 Å². The molecule has 0 saturated carbocycles. The van der Waals surface area contributed by atoms with Crippen molar-refractivity contribution in [3.05, 3.63) is 46.3 Å². The Kier molecular flexibility index (Phi) is 5.11. The monoisotopic (exact) mass is 353 g/mol. The van der Waals surface area contributed by atoms with Crippen LogP contribution in [-0.2, 0) is 16.4 Å². The van der Waals surface area contributed by atoms with E-state index in [1.807, 2.05) is 20.8 Å². The van der Waals surface area contributed by atoms with Gasteiger partial charge in [0.15, 0.2) is 0 Å². The fourth-order valence-corrected chi connectivity index (χ4v) is 5.04. The lowest BCUT2D eigenvalue weighted by Gasteiger charge is -2.09. The molecule has 7 heteroatoms. The highest BCUT2D eigenvalue weighted by Crippen LogP contribution is 2.39. The molecule has 124 valence electrons. The smallest absolute Gasteiger partial charge is 0.339 e. The maximum atomic E-state index is 12.5. The van der Waals surface area contributed by atoms with Crippen molar-refractivity contribution in [2.24, 2.45) is 0 Å². The van der Waals surface area contributed by atoms with Gasteiger partial charge in [-0.05, 0) is 30.0 Å². The van der Waals surface area contributed by atoms with Crippen molar-refractivity contribution < 1.29 is 18.3 Å². The summed E-state index contributed by atoms with van der Waals surface area (Å²) in [6, 6.07) is 7.91. The van der Waals surface area contributed by atoms with Crippen LogP contribution in [0, 0.1) is 0 Å². The standard InChI is InChI=1S/C16H19NO4S2/c1-4-12-13(10(2)3)14(16(18)19)15(22-12)17-23(20,21)11-8-6-5-7-9-11/h5-10,17H,4H2,1-3H3,(H,18,19). The fraction of sp³-hybridized carbons (Fsp3) is 0.312. The van der Waals surface area contributed by atoms with Crippen LogP contribution in [0.3, 0.4) is 0 Å². The lowest BCUT2D eigenvalue weighted by molar-refractivity contribution is 0.0697. The van der Waals surface area contributed by atoms with Gasteiger partial charge in [-0.3, -0.25) is 4.72 Å². The zero-order valence-electron chi connectivity index (χ0n) is 13.2. The van der Waals surface area contributed by atoms with E-state index in [0.29, 0.717) is 12.0 Å². The molecule has 0 aliphatic carbocycles. The largest absolute Gasteiger partial charge is 0.478 e. The second kappa shape index (κ2) is 6.72. The Morgan fingerprint density at radius 2 is 1.87 bits per heavy atom. The molecule has 0 radical (unpaired) electrons. The average molecular weight is 353 g/mol. The number of benzene rings is 1. The number of carboxylic acids is 1. The third-order valence-corrected chi connectivity index (χ3v) is 6.18. The van der Waals surface area contributed by atoms with Crippen LogP contribution in [0.4, 0.5) is 5.00 Å². The first-order valence-corrected chi connectivity index (χ1v) is 9.54. The van der Waals surface area contributed by atoms with Gasteiger partial charge in [0, 0.05) is 4.88 Å². The molecule has 0 amide bonds. The molecule has 0 saturated heterocycles. The van der Waals surface area contributed by atoms with E-state index in [9.17, 15) is 18.3 Å². The van der Waals surface area contributed by atoms with Crippen LogP contribution in [0.1, 0.15) is 47.5 Å². The van der Waals surface area contributed by atoms with Crippen LogP contribution in [0.2, 0.25) is 0 Å². The number of rotatable bonds is 6. The SMILES string of the molecule is CCc1sc(NS(=O)(=O)c2ccccc2)c(C(=O)O)c1C(C)C. The Bertz CT molecular complexity index is 808. The minimum Gasteiger partial charge on any atom is -0.478 e. The van der Waals surface area contributed by atoms with Crippen LogP contribution < -0.4 is 4.72 Å². The molecular formula is C16H19NO4S2. The van der Waals surface area contributed by atoms with Gasteiger partial charge in [0.2, 0.25) is 0 Å². The Morgan fingerprint density at radius 3 is 2.35 bits per heavy atom. The molecule has 0 spiro atoms. The Balaban J connectivity index is 2.54. The molecule has 1 aromatic carbocycles. The molecule has 0 bridgehead atoms. The van der Waals surface area contributed by atoms with Gasteiger partial charge in [0.1, 0.15) is 5.00 Å². The van der Waals surface area contributed by atoms with E-state index >= 15 is 0 Å². The molecule has 0 aliphatic heterocycles. The maximum absolute atomic E-state index is 12.5. The normalized spacial score (nSPS) is 11.7. The van der Waals surface area contributed by atoms with Gasteiger partial charge in [0.25, 0.3) is 10.0 Å². The number of aromatic carboxylic acids is 1. The summed E-state index contributed by atoms with van der Waals surface area (Å²) in [4.78, 5) is 12.7. The number of hydrogen-bond acceptors (Lipinski definition) is 4. The lowest BCUT2D eigenvalue weighted by Crippen LogP contribution is -2.14. The van der Waals surface area contributed by atoms with Gasteiger partial charge >= 0.3 is 5.97 Å². The van der Waals surface area contributed by atoms with Crippen molar-refractivity contribution in [2.45, 2.75) is 38.0 Å². The third kappa shape index (κ3) is 3.56. The second-order valence-electron chi connectivity index (χ2n) is 5.37. The maximum Gasteiger partial charge on any atom is 0.339 e. The molecule has 0 aliphatic rings. The quantitative estimate of drug-likeness (QED) is 0.824. The van der Waals surface area contributed by atoms with E-state index in [2.05, 4.69) is 4.72 Å². The zero-order chi connectivity index (χ0) is 17.2. The number of thiophene rings is 1. The molecule has 0 atom stereocenters. The van der Waals surface area contributed by atoms with Gasteiger partial charge in [0.05, 0.1) is 10.5 Å². The molecule has 1 heterocycles. The van der Waals surface area contributed by atoms with Crippen molar-refractivity contribution in [2.75, 3.05) is 4.72 Å². The zero-order valence-corrected chi connectivity index (χ0v) is 14.8. The predicted octanol–water partition coefficient (Wildman–Crippen LogP) is 3.93. The van der Waals surface area contributed by atoms with E-state index in [-0.39, 0.29) is 21.4 Å². The predicted molar refractivity (Wildman–Crippen MR) is 92.0 cm³/mol. The lowest BCUT2D eigenvalue weighted by atomic mass is 9.98. The van der Waals surface area contributed by atoms with Crippen LogP contribution in [0.15, 0.2) is 35.2 Å². The van der Waals surface area contributed by atoms with E-state index in [0.717, 1.165) is 4.88 Å². The minimum atomic E-state index is -3.81. The molecule has 2 aromatic rings. The molecular weight excluding hydrogens is 334 g/mol. The van der Waals surface area contributed by atoms with Gasteiger partial charge < -0.3 is 5.11 Å². The molecule has 5 nitrogen and oxygen atoms in total. The number of aryl methyl sites for hydroxylation is 1. The van der Waals surface area contributed by atoms with Crippen LogP contribution in [-0.4, -0.2) is 19.5 Å². The highest BCUT2D eigenvalue weighted by molar-refractivity contribution is 7.93. The van der Waals surface area contributed by atoms with Gasteiger partial charge in [-0.15, -0.1) is 11.3 Å². The van der Waals surface area contributed by atoms with Crippen LogP contribution in [0.25, 0.3) is 0 Å². The molecule has 1 aromatic heterocycles. The number of hydrogen-bond donors (Lipinski definition) is 2. The first-order chi connectivity index (χ1) is 10.8. The summed E-state index contributed by atoms with van der Waals surface area (Å²) >= 11 is 1.19. The van der Waals surface area contributed by atoms with E-state index in [4.69, 9.17) is 0 Å². The third-order valence-electron chi connectivity index (χ3n) is 3.41. The summed E-state index contributed by atoms with van der Waals surface area (Å²) < 4.78 is 27.4. The topological polar surface area (TPSA) is 83.5 Å². The van der Waals surface area contributed by atoms with Crippen LogP contribution in [0.5, 0.6) is 0 Å². The Hall–Kier alpha value is -1.86. The number of nitrogens with one attached hydrogen (secondary N) is 1. The number of anilines is 1. The number of sulfonamides is 1. The van der Waals surface area contributed by atoms with E-state index in [1.165, 1.54) is 23.5 Å². The summed E-state index contributed by atoms with van der Waals surface area (Å²) in [5.41, 5.74) is 0.761. The second-order valence-corrected chi connectivity index (χ2v) is 8.16. The average Bonchev–Trinajstić information content (AvgIpc) is 2.86. The summed E-state index contributed by atoms with van der Waals surface area (Å²) in [5.74, 6) is -1.11. The van der Waals surface area contributed by atoms with Crippen molar-refractivity contribution in [1.82, 2.24) is 0 Å². The van der Waals surface area contributed by atoms with Crippen molar-refractivity contribution in [1.29, 1.82) is 0 Å². The highest BCUT2D eigenvalue weighted by atomic mass is 32.2. The Morgan fingerprint density at radius 1 is 1.26 bits per heavy atom. The number of carbonyl (C=O) groups is 1. The molecule has 0 fully saturated rings.